The van der Waals surface area contributed by atoms with Crippen LogP contribution in [-0.4, -0.2) is 30.0 Å². The van der Waals surface area contributed by atoms with Gasteiger partial charge in [0.25, 0.3) is 0 Å². The van der Waals surface area contributed by atoms with Crippen LogP contribution >= 0.6 is 0 Å². The zero-order valence-electron chi connectivity index (χ0n) is 13.5. The first-order valence-electron chi connectivity index (χ1n) is 7.24. The number of amides is 1. The minimum atomic E-state index is -0.835. The van der Waals surface area contributed by atoms with Crippen molar-refractivity contribution < 1.29 is 19.1 Å². The number of aryl methyl sites for hydroxylation is 1. The van der Waals surface area contributed by atoms with E-state index in [1.165, 1.54) is 7.11 Å². The molecule has 0 aliphatic heterocycles. The molecule has 0 unspecified atom stereocenters. The first-order valence-corrected chi connectivity index (χ1v) is 7.24. The van der Waals surface area contributed by atoms with Crippen molar-refractivity contribution in [2.75, 3.05) is 7.11 Å². The second-order valence-corrected chi connectivity index (χ2v) is 5.55. The van der Waals surface area contributed by atoms with Crippen molar-refractivity contribution in [3.8, 4) is 0 Å². The fourth-order valence-corrected chi connectivity index (χ4v) is 2.32. The van der Waals surface area contributed by atoms with Gasteiger partial charge in [0.1, 0.15) is 17.3 Å². The Hall–Kier alpha value is -2.70. The van der Waals surface area contributed by atoms with Gasteiger partial charge < -0.3 is 15.3 Å². The molecule has 0 radical (unpaired) electrons. The molecular weight excluding hydrogens is 298 g/mol. The molecule has 0 bridgehead atoms. The van der Waals surface area contributed by atoms with Crippen LogP contribution in [-0.2, 0) is 9.53 Å². The molecule has 2 aromatic rings. The maximum absolute atomic E-state index is 12.5. The zero-order chi connectivity index (χ0) is 17.1. The van der Waals surface area contributed by atoms with E-state index in [9.17, 15) is 14.8 Å². The van der Waals surface area contributed by atoms with Gasteiger partial charge in [0.2, 0.25) is 5.52 Å². The Morgan fingerprint density at radius 3 is 2.57 bits per heavy atom. The number of carbonyl (C=O) groups is 2. The lowest BCUT2D eigenvalue weighted by atomic mass is 10.0. The molecule has 1 aromatic carbocycles. The fraction of sp³-hybridized carbons (Fsp3) is 0.375. The normalized spacial score (nSPS) is 12.2. The lowest BCUT2D eigenvalue weighted by Crippen LogP contribution is -2.49. The summed E-state index contributed by atoms with van der Waals surface area (Å²) in [5.41, 5.74) is 0.967. The number of hydrogen-bond donors (Lipinski definition) is 1. The highest BCUT2D eigenvalue weighted by Gasteiger charge is 2.30. The molecule has 1 amide bonds. The van der Waals surface area contributed by atoms with Crippen molar-refractivity contribution in [2.45, 2.75) is 26.8 Å². The summed E-state index contributed by atoms with van der Waals surface area (Å²) >= 11 is 0. The Labute approximate surface area is 133 Å². The number of hydrogen-bond acceptors (Lipinski definition) is 5. The number of carbonyl (C=O) groups excluding carboxylic acids is 2. The van der Waals surface area contributed by atoms with E-state index in [-0.39, 0.29) is 11.6 Å². The van der Waals surface area contributed by atoms with Gasteiger partial charge in [-0.2, -0.15) is 4.73 Å². The summed E-state index contributed by atoms with van der Waals surface area (Å²) in [4.78, 5) is 28.5. The number of nitrogens with one attached hydrogen (secondary N) is 1. The highest BCUT2D eigenvalue weighted by Crippen LogP contribution is 2.11. The third-order valence-electron chi connectivity index (χ3n) is 3.56. The van der Waals surface area contributed by atoms with Crippen LogP contribution in [0.1, 0.15) is 30.0 Å². The van der Waals surface area contributed by atoms with E-state index < -0.39 is 17.9 Å². The van der Waals surface area contributed by atoms with Crippen molar-refractivity contribution in [1.29, 1.82) is 0 Å². The van der Waals surface area contributed by atoms with Gasteiger partial charge in [0, 0.05) is 6.07 Å². The number of para-hydroxylation sites is 2. The Bertz CT molecular complexity index is 758. The van der Waals surface area contributed by atoms with Gasteiger partial charge in [-0.25, -0.2) is 9.78 Å². The molecule has 0 saturated carbocycles. The van der Waals surface area contributed by atoms with Crippen molar-refractivity contribution in [1.82, 2.24) is 10.3 Å². The molecule has 7 heteroatoms. The van der Waals surface area contributed by atoms with Gasteiger partial charge in [0.05, 0.1) is 7.11 Å². The minimum Gasteiger partial charge on any atom is -0.618 e. The summed E-state index contributed by atoms with van der Waals surface area (Å²) in [6, 6.07) is 5.91. The third-order valence-corrected chi connectivity index (χ3v) is 3.56. The molecule has 0 aliphatic carbocycles. The summed E-state index contributed by atoms with van der Waals surface area (Å²) in [5.74, 6) is -1.39. The highest BCUT2D eigenvalue weighted by molar-refractivity contribution is 5.95. The van der Waals surface area contributed by atoms with Crippen molar-refractivity contribution in [2.24, 2.45) is 5.92 Å². The second kappa shape index (κ2) is 6.60. The molecule has 0 saturated heterocycles. The van der Waals surface area contributed by atoms with Crippen LogP contribution < -0.4 is 10.0 Å². The van der Waals surface area contributed by atoms with E-state index in [4.69, 9.17) is 0 Å². The number of rotatable bonds is 4. The van der Waals surface area contributed by atoms with Crippen LogP contribution in [0.2, 0.25) is 0 Å². The lowest BCUT2D eigenvalue weighted by molar-refractivity contribution is -0.580. The van der Waals surface area contributed by atoms with E-state index in [1.54, 1.807) is 45.0 Å². The summed E-state index contributed by atoms with van der Waals surface area (Å²) in [6.45, 7) is 5.13. The summed E-state index contributed by atoms with van der Waals surface area (Å²) < 4.78 is 5.23. The molecule has 0 fully saturated rings. The van der Waals surface area contributed by atoms with Crippen molar-refractivity contribution in [3.63, 3.8) is 0 Å². The molecular formula is C16H19N3O4. The molecule has 1 atom stereocenters. The maximum atomic E-state index is 12.5. The quantitative estimate of drug-likeness (QED) is 0.517. The van der Waals surface area contributed by atoms with Gasteiger partial charge in [-0.15, -0.1) is 0 Å². The molecule has 1 N–H and O–H groups in total. The maximum Gasteiger partial charge on any atom is 0.328 e. The lowest BCUT2D eigenvalue weighted by Gasteiger charge is -2.19. The number of esters is 1. The van der Waals surface area contributed by atoms with Crippen LogP contribution in [0.5, 0.6) is 0 Å². The van der Waals surface area contributed by atoms with E-state index >= 15 is 0 Å². The molecule has 7 nitrogen and oxygen atoms in total. The molecule has 1 aromatic heterocycles. The van der Waals surface area contributed by atoms with Crippen LogP contribution in [0, 0.1) is 18.0 Å². The van der Waals surface area contributed by atoms with E-state index in [0.717, 1.165) is 0 Å². The predicted octanol–water partition coefficient (Wildman–Crippen LogP) is 1.10. The number of methoxy groups -OCH3 is 1. The van der Waals surface area contributed by atoms with Gasteiger partial charge in [0.15, 0.2) is 0 Å². The fourth-order valence-electron chi connectivity index (χ4n) is 2.32. The van der Waals surface area contributed by atoms with Crippen LogP contribution in [0.25, 0.3) is 11.0 Å². The highest BCUT2D eigenvalue weighted by atomic mass is 16.5. The first kappa shape index (κ1) is 16.7. The monoisotopic (exact) mass is 317 g/mol. The van der Waals surface area contributed by atoms with Crippen LogP contribution in [0.15, 0.2) is 24.3 Å². The first-order chi connectivity index (χ1) is 10.9. The Morgan fingerprint density at radius 2 is 1.96 bits per heavy atom. The SMILES string of the molecule is COC(=O)[C@@H](NC(=O)c1c(C)nc2ccccc2[n+]1[O-])C(C)C. The van der Waals surface area contributed by atoms with E-state index in [2.05, 4.69) is 15.0 Å². The average molecular weight is 317 g/mol. The molecule has 122 valence electrons. The number of nitrogens with zero attached hydrogens (tertiary/aromatic N) is 2. The van der Waals surface area contributed by atoms with Crippen molar-refractivity contribution >= 4 is 22.9 Å². The smallest absolute Gasteiger partial charge is 0.328 e. The molecule has 1 heterocycles. The number of ether oxygens (including phenoxy) is 1. The standard InChI is InChI=1S/C16H19N3O4/c1-9(2)13(16(21)23-4)18-15(20)14-10(3)17-11-7-5-6-8-12(11)19(14)22/h5-9,13H,1-4H3,(H,18,20)/t13-/m0/s1. The molecule has 0 spiro atoms. The van der Waals surface area contributed by atoms with Crippen molar-refractivity contribution in [3.05, 3.63) is 40.9 Å². The summed E-state index contributed by atoms with van der Waals surface area (Å²) in [6.07, 6.45) is 0. The van der Waals surface area contributed by atoms with E-state index in [1.807, 2.05) is 0 Å². The van der Waals surface area contributed by atoms with Gasteiger partial charge >= 0.3 is 17.6 Å². The van der Waals surface area contributed by atoms with Crippen LogP contribution in [0.4, 0.5) is 0 Å². The van der Waals surface area contributed by atoms with Gasteiger partial charge in [-0.3, -0.25) is 4.79 Å². The van der Waals surface area contributed by atoms with Gasteiger partial charge in [-0.05, 0) is 18.9 Å². The minimum absolute atomic E-state index is 0.127. The molecule has 0 aliphatic rings. The third kappa shape index (κ3) is 3.23. The molecule has 23 heavy (non-hydrogen) atoms. The Morgan fingerprint density at radius 1 is 1.30 bits per heavy atom. The topological polar surface area (TPSA) is 95.2 Å². The number of benzene rings is 1. The predicted molar refractivity (Wildman–Crippen MR) is 83.5 cm³/mol. The Balaban J connectivity index is 2.43. The number of aromatic nitrogens is 2. The average Bonchev–Trinajstić information content (AvgIpc) is 2.51. The summed E-state index contributed by atoms with van der Waals surface area (Å²) in [7, 11) is 1.25. The van der Waals surface area contributed by atoms with Crippen LogP contribution in [0.3, 0.4) is 0 Å². The summed E-state index contributed by atoms with van der Waals surface area (Å²) in [5, 5.41) is 15.0. The molecule has 2 rings (SSSR count). The number of fused-ring (bicyclic) bond motifs is 1. The largest absolute Gasteiger partial charge is 0.618 e. The van der Waals surface area contributed by atoms with E-state index in [0.29, 0.717) is 21.5 Å². The second-order valence-electron chi connectivity index (χ2n) is 5.55. The Kier molecular flexibility index (Phi) is 4.78. The zero-order valence-corrected chi connectivity index (χ0v) is 13.5. The van der Waals surface area contributed by atoms with Gasteiger partial charge in [-0.1, -0.05) is 26.0 Å².